The standard InChI is InChI=1S/C5H13NO5P2/c1-12(7,8)4-6-2-3-11-13(9,10)5-6/h2-5H2,1H3,(H,7,8)(H,9,10). The van der Waals surface area contributed by atoms with Gasteiger partial charge in [0.25, 0.3) is 0 Å². The zero-order valence-electron chi connectivity index (χ0n) is 7.29. The summed E-state index contributed by atoms with van der Waals surface area (Å²) in [6.45, 7) is 1.78. The van der Waals surface area contributed by atoms with Crippen LogP contribution in [0.25, 0.3) is 0 Å². The third kappa shape index (κ3) is 4.36. The first-order chi connectivity index (χ1) is 5.79. The van der Waals surface area contributed by atoms with Crippen LogP contribution >= 0.6 is 15.0 Å². The Hall–Kier alpha value is 0.300. The van der Waals surface area contributed by atoms with Crippen LogP contribution in [0.4, 0.5) is 0 Å². The van der Waals surface area contributed by atoms with Crippen molar-refractivity contribution in [2.24, 2.45) is 0 Å². The third-order valence-corrected chi connectivity index (χ3v) is 3.81. The Labute approximate surface area is 76.5 Å². The predicted octanol–water partition coefficient (Wildman–Crippen LogP) is 0.319. The molecule has 6 nitrogen and oxygen atoms in total. The molecular weight excluding hydrogens is 216 g/mol. The molecule has 0 bridgehead atoms. The molecule has 0 aromatic heterocycles. The second-order valence-corrected chi connectivity index (χ2v) is 7.40. The van der Waals surface area contributed by atoms with Crippen molar-refractivity contribution in [3.8, 4) is 0 Å². The monoisotopic (exact) mass is 229 g/mol. The minimum Gasteiger partial charge on any atom is -0.344 e. The maximum Gasteiger partial charge on any atom is 0.342 e. The Morgan fingerprint density at radius 2 is 2.31 bits per heavy atom. The largest absolute Gasteiger partial charge is 0.344 e. The summed E-state index contributed by atoms with van der Waals surface area (Å²) in [5.41, 5.74) is 0. The van der Waals surface area contributed by atoms with Gasteiger partial charge < -0.3 is 14.3 Å². The van der Waals surface area contributed by atoms with E-state index in [-0.39, 0.29) is 19.2 Å². The molecule has 0 aromatic carbocycles. The van der Waals surface area contributed by atoms with E-state index in [0.717, 1.165) is 0 Å². The van der Waals surface area contributed by atoms with Crippen LogP contribution in [0.3, 0.4) is 0 Å². The summed E-state index contributed by atoms with van der Waals surface area (Å²) in [5, 5.41) is 0. The highest BCUT2D eigenvalue weighted by Crippen LogP contribution is 2.47. The van der Waals surface area contributed by atoms with E-state index in [1.807, 2.05) is 0 Å². The van der Waals surface area contributed by atoms with Crippen molar-refractivity contribution in [2.45, 2.75) is 0 Å². The molecule has 0 amide bonds. The fraction of sp³-hybridized carbons (Fsp3) is 1.00. The lowest BCUT2D eigenvalue weighted by Crippen LogP contribution is -2.33. The van der Waals surface area contributed by atoms with Gasteiger partial charge in [-0.25, -0.2) is 0 Å². The van der Waals surface area contributed by atoms with Crippen molar-refractivity contribution in [3.63, 3.8) is 0 Å². The van der Waals surface area contributed by atoms with Gasteiger partial charge in [0, 0.05) is 13.2 Å². The van der Waals surface area contributed by atoms with Gasteiger partial charge in [-0.1, -0.05) is 0 Å². The normalized spacial score (nSPS) is 35.6. The first-order valence-electron chi connectivity index (χ1n) is 3.76. The van der Waals surface area contributed by atoms with Crippen molar-refractivity contribution in [3.05, 3.63) is 0 Å². The molecule has 0 aromatic rings. The van der Waals surface area contributed by atoms with Crippen molar-refractivity contribution in [1.82, 2.24) is 4.90 Å². The molecule has 2 unspecified atom stereocenters. The maximum atomic E-state index is 11.1. The molecule has 0 radical (unpaired) electrons. The van der Waals surface area contributed by atoms with Crippen LogP contribution in [0, 0.1) is 0 Å². The van der Waals surface area contributed by atoms with Gasteiger partial charge in [-0.3, -0.25) is 14.0 Å². The van der Waals surface area contributed by atoms with Gasteiger partial charge in [-0.15, -0.1) is 0 Å². The number of hydrogen-bond donors (Lipinski definition) is 2. The summed E-state index contributed by atoms with van der Waals surface area (Å²) in [6, 6.07) is 0. The van der Waals surface area contributed by atoms with Gasteiger partial charge in [0.2, 0.25) is 7.37 Å². The van der Waals surface area contributed by atoms with Crippen LogP contribution in [0.1, 0.15) is 0 Å². The molecule has 0 saturated carbocycles. The minimum atomic E-state index is -3.54. The first-order valence-corrected chi connectivity index (χ1v) is 7.82. The van der Waals surface area contributed by atoms with E-state index in [1.165, 1.54) is 11.6 Å². The van der Waals surface area contributed by atoms with Gasteiger partial charge in [0.15, 0.2) is 0 Å². The van der Waals surface area contributed by atoms with Crippen LogP contribution in [-0.4, -0.2) is 47.1 Å². The maximum absolute atomic E-state index is 11.1. The Morgan fingerprint density at radius 3 is 2.77 bits per heavy atom. The quantitative estimate of drug-likeness (QED) is 0.663. The summed E-state index contributed by atoms with van der Waals surface area (Å²) >= 11 is 0. The van der Waals surface area contributed by atoms with Crippen molar-refractivity contribution < 1.29 is 23.4 Å². The molecule has 1 aliphatic heterocycles. The molecule has 1 saturated heterocycles. The summed E-state index contributed by atoms with van der Waals surface area (Å²) in [4.78, 5) is 19.6. The Morgan fingerprint density at radius 1 is 1.69 bits per heavy atom. The Balaban J connectivity index is 2.53. The van der Waals surface area contributed by atoms with Gasteiger partial charge in [0.05, 0.1) is 12.9 Å². The molecule has 2 atom stereocenters. The molecule has 1 heterocycles. The van der Waals surface area contributed by atoms with E-state index in [1.54, 1.807) is 0 Å². The first kappa shape index (κ1) is 11.4. The van der Waals surface area contributed by atoms with Crippen LogP contribution in [-0.2, 0) is 13.7 Å². The fourth-order valence-corrected chi connectivity index (χ4v) is 3.50. The molecule has 0 aliphatic carbocycles. The van der Waals surface area contributed by atoms with Gasteiger partial charge in [-0.05, 0) is 0 Å². The molecule has 1 rings (SSSR count). The fourth-order valence-electron chi connectivity index (χ4n) is 1.16. The van der Waals surface area contributed by atoms with Crippen LogP contribution in [0.15, 0.2) is 0 Å². The van der Waals surface area contributed by atoms with Crippen LogP contribution in [0.2, 0.25) is 0 Å². The average molecular weight is 229 g/mol. The SMILES string of the molecule is CP(=O)(O)CN1CCOP(=O)(O)C1. The van der Waals surface area contributed by atoms with E-state index in [2.05, 4.69) is 4.52 Å². The summed E-state index contributed by atoms with van der Waals surface area (Å²) in [5.74, 6) is 0. The lowest BCUT2D eigenvalue weighted by Gasteiger charge is -2.29. The third-order valence-electron chi connectivity index (χ3n) is 1.54. The molecule has 1 fully saturated rings. The van der Waals surface area contributed by atoms with Crippen molar-refractivity contribution in [2.75, 3.05) is 32.4 Å². The zero-order chi connectivity index (χ0) is 10.1. The number of hydrogen-bond acceptors (Lipinski definition) is 4. The summed E-state index contributed by atoms with van der Waals surface area (Å²) in [7, 11) is -6.69. The molecule has 78 valence electrons. The van der Waals surface area contributed by atoms with Gasteiger partial charge >= 0.3 is 7.60 Å². The Bertz CT molecular complexity index is 272. The highest BCUT2D eigenvalue weighted by molar-refractivity contribution is 7.57. The van der Waals surface area contributed by atoms with Crippen molar-refractivity contribution in [1.29, 1.82) is 0 Å². The van der Waals surface area contributed by atoms with E-state index < -0.39 is 15.0 Å². The average Bonchev–Trinajstić information content (AvgIpc) is 1.79. The molecule has 1 aliphatic rings. The van der Waals surface area contributed by atoms with E-state index in [4.69, 9.17) is 9.79 Å². The second-order valence-electron chi connectivity index (χ2n) is 3.20. The summed E-state index contributed by atoms with van der Waals surface area (Å²) in [6.07, 6.45) is -0.216. The van der Waals surface area contributed by atoms with Crippen LogP contribution in [0.5, 0.6) is 0 Å². The number of nitrogens with zero attached hydrogens (tertiary/aromatic N) is 1. The molecule has 2 N–H and O–H groups in total. The topological polar surface area (TPSA) is 87.1 Å². The predicted molar refractivity (Wildman–Crippen MR) is 48.0 cm³/mol. The number of rotatable bonds is 2. The Kier molecular flexibility index (Phi) is 3.33. The smallest absolute Gasteiger partial charge is 0.342 e. The molecule has 8 heteroatoms. The second kappa shape index (κ2) is 3.81. The van der Waals surface area contributed by atoms with Gasteiger partial charge in [-0.2, -0.15) is 0 Å². The zero-order valence-corrected chi connectivity index (χ0v) is 9.08. The van der Waals surface area contributed by atoms with Crippen molar-refractivity contribution >= 4 is 15.0 Å². The van der Waals surface area contributed by atoms with E-state index in [0.29, 0.717) is 6.54 Å². The van der Waals surface area contributed by atoms with Crippen LogP contribution < -0.4 is 0 Å². The lowest BCUT2D eigenvalue weighted by molar-refractivity contribution is 0.168. The highest BCUT2D eigenvalue weighted by Gasteiger charge is 2.30. The van der Waals surface area contributed by atoms with Gasteiger partial charge in [0.1, 0.15) is 6.29 Å². The lowest BCUT2D eigenvalue weighted by atomic mass is 10.6. The highest BCUT2D eigenvalue weighted by atomic mass is 31.2. The molecular formula is C5H13NO5P2. The minimum absolute atomic E-state index is 0.0547. The summed E-state index contributed by atoms with van der Waals surface area (Å²) < 4.78 is 26.7. The molecule has 0 spiro atoms. The van der Waals surface area contributed by atoms with E-state index in [9.17, 15) is 9.13 Å². The molecule has 13 heavy (non-hydrogen) atoms. The van der Waals surface area contributed by atoms with E-state index >= 15 is 0 Å².